The van der Waals surface area contributed by atoms with Crippen LogP contribution in [0.5, 0.6) is 5.75 Å². The van der Waals surface area contributed by atoms with Crippen LogP contribution in [-0.4, -0.2) is 19.0 Å². The molecule has 21 heavy (non-hydrogen) atoms. The van der Waals surface area contributed by atoms with Gasteiger partial charge in [0.25, 0.3) is 0 Å². The molecule has 8 heteroatoms. The normalized spacial score (nSPS) is 17.3. The first kappa shape index (κ1) is 15.9. The number of rotatable bonds is 2. The van der Waals surface area contributed by atoms with E-state index in [1.807, 2.05) is 0 Å². The largest absolute Gasteiger partial charge is 0.493 e. The Morgan fingerprint density at radius 1 is 1.05 bits per heavy atom. The van der Waals surface area contributed by atoms with Gasteiger partial charge in [0.15, 0.2) is 5.92 Å². The first-order valence-electron chi connectivity index (χ1n) is 6.25. The number of fused-ring (bicyclic) bond motifs is 1. The van der Waals surface area contributed by atoms with Crippen LogP contribution >= 0.6 is 0 Å². The summed E-state index contributed by atoms with van der Waals surface area (Å²) >= 11 is 0. The Labute approximate surface area is 116 Å². The van der Waals surface area contributed by atoms with Crippen LogP contribution in [0, 0.1) is 5.92 Å². The van der Waals surface area contributed by atoms with Crippen molar-refractivity contribution in [3.05, 3.63) is 29.3 Å². The van der Waals surface area contributed by atoms with Crippen LogP contribution in [0.15, 0.2) is 18.2 Å². The maximum absolute atomic E-state index is 12.7. The van der Waals surface area contributed by atoms with Gasteiger partial charge in [0.1, 0.15) is 5.75 Å². The fraction of sp³-hybridized carbons (Fsp3) is 0.538. The SMILES string of the molecule is NC(c1ccc2c(c1)CCCO2)C(C(F)(F)F)C(F)(F)F. The van der Waals surface area contributed by atoms with Crippen LogP contribution in [0.25, 0.3) is 0 Å². The highest BCUT2D eigenvalue weighted by Gasteiger charge is 2.59. The third-order valence-electron chi connectivity index (χ3n) is 3.38. The Balaban J connectivity index is 2.35. The van der Waals surface area contributed by atoms with E-state index in [2.05, 4.69) is 0 Å². The molecule has 1 aliphatic rings. The lowest BCUT2D eigenvalue weighted by Crippen LogP contribution is -2.44. The first-order valence-corrected chi connectivity index (χ1v) is 6.25. The minimum absolute atomic E-state index is 0.195. The molecule has 0 saturated heterocycles. The molecule has 0 amide bonds. The molecule has 0 aromatic heterocycles. The summed E-state index contributed by atoms with van der Waals surface area (Å²) in [6.07, 6.45) is -9.71. The molecule has 0 spiro atoms. The van der Waals surface area contributed by atoms with Crippen LogP contribution < -0.4 is 10.5 Å². The molecule has 2 N–H and O–H groups in total. The molecule has 0 bridgehead atoms. The van der Waals surface area contributed by atoms with Crippen molar-refractivity contribution in [1.29, 1.82) is 0 Å². The average molecular weight is 313 g/mol. The molecule has 1 unspecified atom stereocenters. The fourth-order valence-electron chi connectivity index (χ4n) is 2.37. The van der Waals surface area contributed by atoms with Gasteiger partial charge in [-0.15, -0.1) is 0 Å². The minimum Gasteiger partial charge on any atom is -0.493 e. The van der Waals surface area contributed by atoms with Crippen LogP contribution in [0.1, 0.15) is 23.6 Å². The van der Waals surface area contributed by atoms with Gasteiger partial charge in [0.05, 0.1) is 12.6 Å². The van der Waals surface area contributed by atoms with E-state index in [0.717, 1.165) is 6.07 Å². The Morgan fingerprint density at radius 3 is 2.24 bits per heavy atom. The minimum atomic E-state index is -5.45. The number of hydrogen-bond donors (Lipinski definition) is 1. The molecule has 0 fully saturated rings. The van der Waals surface area contributed by atoms with Crippen molar-refractivity contribution in [2.45, 2.75) is 31.2 Å². The molecular formula is C13H13F6NO. The van der Waals surface area contributed by atoms with Crippen molar-refractivity contribution in [2.24, 2.45) is 11.7 Å². The van der Waals surface area contributed by atoms with E-state index >= 15 is 0 Å². The number of alkyl halides is 6. The Hall–Kier alpha value is -1.44. The lowest BCUT2D eigenvalue weighted by Gasteiger charge is -2.29. The number of nitrogens with two attached hydrogens (primary N) is 1. The summed E-state index contributed by atoms with van der Waals surface area (Å²) in [6.45, 7) is 0.478. The van der Waals surface area contributed by atoms with E-state index in [1.165, 1.54) is 12.1 Å². The van der Waals surface area contributed by atoms with E-state index in [-0.39, 0.29) is 5.56 Å². The number of halogens is 6. The van der Waals surface area contributed by atoms with Gasteiger partial charge in [-0.3, -0.25) is 0 Å². The Kier molecular flexibility index (Phi) is 4.10. The summed E-state index contributed by atoms with van der Waals surface area (Å²) in [5, 5.41) is 0. The first-order chi connectivity index (χ1) is 9.60. The summed E-state index contributed by atoms with van der Waals surface area (Å²) in [7, 11) is 0. The number of ether oxygens (including phenoxy) is 1. The Morgan fingerprint density at radius 2 is 1.67 bits per heavy atom. The molecule has 0 aliphatic carbocycles. The molecule has 118 valence electrons. The smallest absolute Gasteiger partial charge is 0.402 e. The van der Waals surface area contributed by atoms with Gasteiger partial charge in [-0.05, 0) is 30.0 Å². The van der Waals surface area contributed by atoms with Gasteiger partial charge in [0.2, 0.25) is 0 Å². The molecule has 1 aromatic carbocycles. The number of benzene rings is 1. The highest BCUT2D eigenvalue weighted by molar-refractivity contribution is 5.39. The monoisotopic (exact) mass is 313 g/mol. The average Bonchev–Trinajstić information content (AvgIpc) is 2.34. The van der Waals surface area contributed by atoms with Crippen LogP contribution in [-0.2, 0) is 6.42 Å². The molecule has 0 saturated carbocycles. The standard InChI is InChI=1S/C13H13F6NO/c14-12(15,16)11(13(17,18)19)10(20)8-3-4-9-7(6-8)2-1-5-21-9/h3-4,6,10-11H,1-2,5,20H2. The second-order valence-electron chi connectivity index (χ2n) is 4.91. The molecule has 2 rings (SSSR count). The van der Waals surface area contributed by atoms with Crippen LogP contribution in [0.2, 0.25) is 0 Å². The molecule has 1 heterocycles. The van der Waals surface area contributed by atoms with Gasteiger partial charge >= 0.3 is 12.4 Å². The predicted octanol–water partition coefficient (Wildman–Crippen LogP) is 3.75. The summed E-state index contributed by atoms with van der Waals surface area (Å²) in [6, 6.07) is 1.59. The van der Waals surface area contributed by atoms with Crippen LogP contribution in [0.3, 0.4) is 0 Å². The number of hydrogen-bond acceptors (Lipinski definition) is 2. The zero-order valence-electron chi connectivity index (χ0n) is 10.8. The molecule has 1 atom stereocenters. The van der Waals surface area contributed by atoms with E-state index in [1.54, 1.807) is 0 Å². The van der Waals surface area contributed by atoms with Crippen molar-refractivity contribution in [3.8, 4) is 5.75 Å². The van der Waals surface area contributed by atoms with Gasteiger partial charge < -0.3 is 10.5 Å². The summed E-state index contributed by atoms with van der Waals surface area (Å²) in [5.41, 5.74) is 5.65. The van der Waals surface area contributed by atoms with Crippen molar-refractivity contribution in [1.82, 2.24) is 0 Å². The van der Waals surface area contributed by atoms with Crippen molar-refractivity contribution in [2.75, 3.05) is 6.61 Å². The molecule has 1 aromatic rings. The number of aryl methyl sites for hydroxylation is 1. The second kappa shape index (κ2) is 5.40. The van der Waals surface area contributed by atoms with Gasteiger partial charge in [0, 0.05) is 0 Å². The van der Waals surface area contributed by atoms with Gasteiger partial charge in [-0.25, -0.2) is 0 Å². The van der Waals surface area contributed by atoms with Crippen molar-refractivity contribution in [3.63, 3.8) is 0 Å². The second-order valence-corrected chi connectivity index (χ2v) is 4.91. The maximum atomic E-state index is 12.7. The quantitative estimate of drug-likeness (QED) is 0.844. The summed E-state index contributed by atoms with van der Waals surface area (Å²) in [5.74, 6) is -3.11. The topological polar surface area (TPSA) is 35.2 Å². The van der Waals surface area contributed by atoms with Gasteiger partial charge in [-0.1, -0.05) is 12.1 Å². The zero-order chi connectivity index (χ0) is 15.8. The van der Waals surface area contributed by atoms with E-state index in [0.29, 0.717) is 30.8 Å². The van der Waals surface area contributed by atoms with E-state index in [9.17, 15) is 26.3 Å². The highest BCUT2D eigenvalue weighted by atomic mass is 19.4. The fourth-order valence-corrected chi connectivity index (χ4v) is 2.37. The van der Waals surface area contributed by atoms with Crippen LogP contribution in [0.4, 0.5) is 26.3 Å². The van der Waals surface area contributed by atoms with E-state index in [4.69, 9.17) is 10.5 Å². The van der Waals surface area contributed by atoms with Crippen molar-refractivity contribution >= 4 is 0 Å². The van der Waals surface area contributed by atoms with Gasteiger partial charge in [-0.2, -0.15) is 26.3 Å². The zero-order valence-corrected chi connectivity index (χ0v) is 10.8. The third kappa shape index (κ3) is 3.42. The lowest BCUT2D eigenvalue weighted by atomic mass is 9.90. The molecule has 0 radical (unpaired) electrons. The summed E-state index contributed by atoms with van der Waals surface area (Å²) < 4.78 is 81.3. The highest BCUT2D eigenvalue weighted by Crippen LogP contribution is 2.46. The third-order valence-corrected chi connectivity index (χ3v) is 3.38. The summed E-state index contributed by atoms with van der Waals surface area (Å²) in [4.78, 5) is 0. The Bertz CT molecular complexity index is 496. The predicted molar refractivity (Wildman–Crippen MR) is 62.8 cm³/mol. The lowest BCUT2D eigenvalue weighted by molar-refractivity contribution is -0.290. The molecule has 1 aliphatic heterocycles. The van der Waals surface area contributed by atoms with Crippen molar-refractivity contribution < 1.29 is 31.1 Å². The molecular weight excluding hydrogens is 300 g/mol. The maximum Gasteiger partial charge on any atom is 0.402 e. The van der Waals surface area contributed by atoms with E-state index < -0.39 is 24.3 Å². The molecule has 2 nitrogen and oxygen atoms in total.